The molecule has 25 heavy (non-hydrogen) atoms. The third-order valence-corrected chi connectivity index (χ3v) is 4.41. The summed E-state index contributed by atoms with van der Waals surface area (Å²) in [6.07, 6.45) is 5.23. The van der Waals surface area contributed by atoms with Crippen LogP contribution in [0.15, 0.2) is 59.9 Å². The zero-order chi connectivity index (χ0) is 17.1. The van der Waals surface area contributed by atoms with Crippen molar-refractivity contribution in [2.45, 2.75) is 25.8 Å². The molecule has 1 aliphatic rings. The summed E-state index contributed by atoms with van der Waals surface area (Å²) in [5.74, 6) is 1.12. The van der Waals surface area contributed by atoms with Crippen LogP contribution in [0.5, 0.6) is 0 Å². The molecule has 0 saturated heterocycles. The molecule has 4 rings (SSSR count). The molecule has 0 unspecified atom stereocenters. The number of aromatic nitrogens is 3. The van der Waals surface area contributed by atoms with Gasteiger partial charge >= 0.3 is 0 Å². The van der Waals surface area contributed by atoms with Crippen molar-refractivity contribution in [2.75, 3.05) is 5.32 Å². The third-order valence-electron chi connectivity index (χ3n) is 4.41. The van der Waals surface area contributed by atoms with Crippen LogP contribution in [0.1, 0.15) is 23.4 Å². The van der Waals surface area contributed by atoms with Gasteiger partial charge in [0, 0.05) is 11.4 Å². The van der Waals surface area contributed by atoms with Crippen LogP contribution in [0.3, 0.4) is 0 Å². The van der Waals surface area contributed by atoms with E-state index in [9.17, 15) is 0 Å². The van der Waals surface area contributed by atoms with Crippen molar-refractivity contribution in [1.29, 1.82) is 0 Å². The number of hydrogen-bond donors (Lipinski definition) is 2. The standard InChI is InChI=1S/C19H20N6/c20-19(23-16-10-9-14-5-4-6-15(14)11-16)21-12-18-24-22-13-25(18)17-7-2-1-3-8-17/h1-3,7-11,13H,4-6,12H2,(H3,20,21,23). The summed E-state index contributed by atoms with van der Waals surface area (Å²) >= 11 is 0. The van der Waals surface area contributed by atoms with Crippen LogP contribution in [0.2, 0.25) is 0 Å². The Balaban J connectivity index is 1.46. The summed E-state index contributed by atoms with van der Waals surface area (Å²) < 4.78 is 1.91. The molecule has 126 valence electrons. The SMILES string of the molecule is NC(=NCc1nncn1-c1ccccc1)Nc1ccc2c(c1)CCC2. The van der Waals surface area contributed by atoms with Gasteiger partial charge in [0.25, 0.3) is 0 Å². The topological polar surface area (TPSA) is 81.1 Å². The molecule has 1 heterocycles. The Bertz CT molecular complexity index is 897. The minimum atomic E-state index is 0.360. The van der Waals surface area contributed by atoms with Gasteiger partial charge in [0.2, 0.25) is 0 Å². The average Bonchev–Trinajstić information content (AvgIpc) is 3.29. The minimum Gasteiger partial charge on any atom is -0.370 e. The number of anilines is 1. The van der Waals surface area contributed by atoms with Crippen molar-refractivity contribution in [3.63, 3.8) is 0 Å². The molecule has 6 heteroatoms. The molecule has 0 fully saturated rings. The summed E-state index contributed by atoms with van der Waals surface area (Å²) in [5, 5.41) is 11.3. The number of nitrogens with one attached hydrogen (secondary N) is 1. The van der Waals surface area contributed by atoms with Crippen molar-refractivity contribution < 1.29 is 0 Å². The molecule has 0 amide bonds. The molecule has 1 aliphatic carbocycles. The molecule has 0 radical (unpaired) electrons. The van der Waals surface area contributed by atoms with Crippen molar-refractivity contribution in [3.05, 3.63) is 71.8 Å². The fraction of sp³-hybridized carbons (Fsp3) is 0.211. The van der Waals surface area contributed by atoms with Crippen LogP contribution < -0.4 is 11.1 Å². The lowest BCUT2D eigenvalue weighted by molar-refractivity contribution is 0.859. The molecule has 2 aromatic carbocycles. The van der Waals surface area contributed by atoms with Crippen LogP contribution in [0.25, 0.3) is 5.69 Å². The Morgan fingerprint density at radius 1 is 1.12 bits per heavy atom. The van der Waals surface area contributed by atoms with Gasteiger partial charge in [0.05, 0.1) is 0 Å². The van der Waals surface area contributed by atoms with E-state index in [4.69, 9.17) is 5.73 Å². The van der Waals surface area contributed by atoms with Crippen LogP contribution in [-0.4, -0.2) is 20.7 Å². The maximum atomic E-state index is 6.04. The Morgan fingerprint density at radius 3 is 2.84 bits per heavy atom. The average molecular weight is 332 g/mol. The molecule has 0 spiro atoms. The number of nitrogens with two attached hydrogens (primary N) is 1. The highest BCUT2D eigenvalue weighted by Crippen LogP contribution is 2.24. The summed E-state index contributed by atoms with van der Waals surface area (Å²) in [6, 6.07) is 16.3. The zero-order valence-corrected chi connectivity index (χ0v) is 13.9. The molecule has 6 nitrogen and oxygen atoms in total. The quantitative estimate of drug-likeness (QED) is 0.568. The van der Waals surface area contributed by atoms with Crippen LogP contribution in [0, 0.1) is 0 Å². The van der Waals surface area contributed by atoms with Crippen molar-refractivity contribution >= 4 is 11.6 Å². The maximum absolute atomic E-state index is 6.04. The molecular weight excluding hydrogens is 312 g/mol. The van der Waals surface area contributed by atoms with E-state index in [0.717, 1.165) is 23.6 Å². The second-order valence-corrected chi connectivity index (χ2v) is 6.12. The number of para-hydroxylation sites is 1. The van der Waals surface area contributed by atoms with Gasteiger partial charge in [-0.3, -0.25) is 4.57 Å². The highest BCUT2D eigenvalue weighted by atomic mass is 15.3. The molecule has 0 atom stereocenters. The molecule has 1 aromatic heterocycles. The molecule has 0 aliphatic heterocycles. The second kappa shape index (κ2) is 6.76. The zero-order valence-electron chi connectivity index (χ0n) is 13.9. The minimum absolute atomic E-state index is 0.360. The van der Waals surface area contributed by atoms with E-state index < -0.39 is 0 Å². The van der Waals surface area contributed by atoms with E-state index in [1.165, 1.54) is 24.0 Å². The van der Waals surface area contributed by atoms with Gasteiger partial charge in [-0.1, -0.05) is 24.3 Å². The number of aliphatic imine (C=N–C) groups is 1. The first-order chi connectivity index (χ1) is 12.3. The van der Waals surface area contributed by atoms with Gasteiger partial charge in [-0.25, -0.2) is 4.99 Å². The smallest absolute Gasteiger partial charge is 0.193 e. The first kappa shape index (κ1) is 15.4. The number of guanidine groups is 1. The summed E-state index contributed by atoms with van der Waals surface area (Å²) in [7, 11) is 0. The molecule has 0 bridgehead atoms. The van der Waals surface area contributed by atoms with Gasteiger partial charge < -0.3 is 11.1 Å². The number of fused-ring (bicyclic) bond motifs is 1. The molecule has 0 saturated carbocycles. The van der Waals surface area contributed by atoms with E-state index in [0.29, 0.717) is 12.5 Å². The molecule has 3 aromatic rings. The number of aryl methyl sites for hydroxylation is 2. The van der Waals surface area contributed by atoms with Gasteiger partial charge in [0.15, 0.2) is 11.8 Å². The Kier molecular flexibility index (Phi) is 4.16. The normalized spacial score (nSPS) is 13.7. The highest BCUT2D eigenvalue weighted by Gasteiger charge is 2.11. The number of benzene rings is 2. The fourth-order valence-electron chi connectivity index (χ4n) is 3.16. The maximum Gasteiger partial charge on any atom is 0.193 e. The predicted octanol–water partition coefficient (Wildman–Crippen LogP) is 2.68. The van der Waals surface area contributed by atoms with Gasteiger partial charge in [-0.2, -0.15) is 0 Å². The highest BCUT2D eigenvalue weighted by molar-refractivity contribution is 5.92. The Hall–Kier alpha value is -3.15. The molecular formula is C19H20N6. The Labute approximate surface area is 146 Å². The van der Waals surface area contributed by atoms with Crippen molar-refractivity contribution in [2.24, 2.45) is 10.7 Å². The second-order valence-electron chi connectivity index (χ2n) is 6.12. The lowest BCUT2D eigenvalue weighted by Gasteiger charge is -2.08. The van der Waals surface area contributed by atoms with E-state index in [1.807, 2.05) is 34.9 Å². The number of rotatable bonds is 4. The Morgan fingerprint density at radius 2 is 1.96 bits per heavy atom. The summed E-state index contributed by atoms with van der Waals surface area (Å²) in [4.78, 5) is 4.40. The van der Waals surface area contributed by atoms with Gasteiger partial charge in [-0.15, -0.1) is 10.2 Å². The molecule has 3 N–H and O–H groups in total. The van der Waals surface area contributed by atoms with Crippen LogP contribution >= 0.6 is 0 Å². The number of nitrogens with zero attached hydrogens (tertiary/aromatic N) is 4. The van der Waals surface area contributed by atoms with Crippen LogP contribution in [0.4, 0.5) is 5.69 Å². The fourth-order valence-corrected chi connectivity index (χ4v) is 3.16. The van der Waals surface area contributed by atoms with E-state index in [2.05, 4.69) is 38.7 Å². The predicted molar refractivity (Wildman–Crippen MR) is 98.8 cm³/mol. The van der Waals surface area contributed by atoms with Crippen LogP contribution in [-0.2, 0) is 19.4 Å². The largest absolute Gasteiger partial charge is 0.370 e. The lowest BCUT2D eigenvalue weighted by atomic mass is 10.1. The monoisotopic (exact) mass is 332 g/mol. The van der Waals surface area contributed by atoms with Gasteiger partial charge in [-0.05, 0) is 54.7 Å². The summed E-state index contributed by atoms with van der Waals surface area (Å²) in [6.45, 7) is 0.360. The van der Waals surface area contributed by atoms with Crippen molar-refractivity contribution in [1.82, 2.24) is 14.8 Å². The van der Waals surface area contributed by atoms with E-state index in [1.54, 1.807) is 6.33 Å². The lowest BCUT2D eigenvalue weighted by Crippen LogP contribution is -2.23. The van der Waals surface area contributed by atoms with Crippen molar-refractivity contribution in [3.8, 4) is 5.69 Å². The summed E-state index contributed by atoms with van der Waals surface area (Å²) in [5.41, 5.74) is 10.9. The van der Waals surface area contributed by atoms with E-state index in [-0.39, 0.29) is 0 Å². The third kappa shape index (κ3) is 3.38. The number of hydrogen-bond acceptors (Lipinski definition) is 3. The first-order valence-electron chi connectivity index (χ1n) is 8.43. The first-order valence-corrected chi connectivity index (χ1v) is 8.43. The van der Waals surface area contributed by atoms with Gasteiger partial charge in [0.1, 0.15) is 12.9 Å². The van der Waals surface area contributed by atoms with E-state index >= 15 is 0 Å².